The third kappa shape index (κ3) is 2.39. The van der Waals surface area contributed by atoms with Gasteiger partial charge in [0.1, 0.15) is 5.82 Å². The van der Waals surface area contributed by atoms with Crippen LogP contribution in [0.3, 0.4) is 0 Å². The van der Waals surface area contributed by atoms with E-state index < -0.39 is 18.3 Å². The Hall–Kier alpha value is -0.740. The number of benzene rings is 1. The van der Waals surface area contributed by atoms with E-state index in [-0.39, 0.29) is 10.6 Å². The first kappa shape index (κ1) is 11.3. The molecule has 1 N–H and O–H groups in total. The Labute approximate surface area is 84.9 Å². The molecule has 0 heterocycles. The van der Waals surface area contributed by atoms with Crippen molar-refractivity contribution in [2.45, 2.75) is 5.92 Å². The highest BCUT2D eigenvalue weighted by Gasteiger charge is 2.32. The lowest BCUT2D eigenvalue weighted by Crippen LogP contribution is -2.28. The molecule has 1 rings (SSSR count). The fraction of sp³-hybridized carbons (Fsp3) is 0.333. The minimum absolute atomic E-state index is 0.259. The summed E-state index contributed by atoms with van der Waals surface area (Å²) in [5.74, 6) is -3.71. The standard InChI is InChI=1S/C9H9ClF3N/c1-14-5-9(12,13)7-3-2-6(11)4-8(7)10/h2-4,14H,5H2,1H3. The summed E-state index contributed by atoms with van der Waals surface area (Å²) in [6.07, 6.45) is 0. The third-order valence-corrected chi connectivity index (χ3v) is 2.04. The van der Waals surface area contributed by atoms with Gasteiger partial charge < -0.3 is 5.32 Å². The van der Waals surface area contributed by atoms with E-state index in [4.69, 9.17) is 11.6 Å². The predicted octanol–water partition coefficient (Wildman–Crippen LogP) is 2.79. The van der Waals surface area contributed by atoms with Crippen LogP contribution in [-0.2, 0) is 5.92 Å². The molecule has 0 saturated carbocycles. The van der Waals surface area contributed by atoms with Crippen molar-refractivity contribution < 1.29 is 13.2 Å². The maximum absolute atomic E-state index is 13.3. The molecule has 0 spiro atoms. The molecule has 0 atom stereocenters. The van der Waals surface area contributed by atoms with Crippen LogP contribution in [0.1, 0.15) is 5.56 Å². The highest BCUT2D eigenvalue weighted by Crippen LogP contribution is 2.32. The number of halogens is 4. The zero-order chi connectivity index (χ0) is 10.8. The van der Waals surface area contributed by atoms with Gasteiger partial charge in [-0.1, -0.05) is 11.6 Å². The Balaban J connectivity index is 3.06. The summed E-state index contributed by atoms with van der Waals surface area (Å²) in [5, 5.41) is 2.09. The first-order valence-electron chi connectivity index (χ1n) is 3.95. The normalized spacial score (nSPS) is 11.8. The van der Waals surface area contributed by atoms with Gasteiger partial charge in [-0.2, -0.15) is 8.78 Å². The Morgan fingerprint density at radius 2 is 2.07 bits per heavy atom. The van der Waals surface area contributed by atoms with Gasteiger partial charge >= 0.3 is 0 Å². The van der Waals surface area contributed by atoms with Gasteiger partial charge in [0.05, 0.1) is 11.6 Å². The predicted molar refractivity (Wildman–Crippen MR) is 49.2 cm³/mol. The Bertz CT molecular complexity index is 328. The second-order valence-corrected chi connectivity index (χ2v) is 3.27. The van der Waals surface area contributed by atoms with Crippen molar-refractivity contribution in [1.29, 1.82) is 0 Å². The molecule has 5 heteroatoms. The zero-order valence-corrected chi connectivity index (χ0v) is 8.21. The van der Waals surface area contributed by atoms with Gasteiger partial charge in [0.2, 0.25) is 0 Å². The number of alkyl halides is 2. The van der Waals surface area contributed by atoms with Crippen LogP contribution in [0.2, 0.25) is 5.02 Å². The van der Waals surface area contributed by atoms with E-state index in [1.54, 1.807) is 0 Å². The molecule has 1 aromatic carbocycles. The Morgan fingerprint density at radius 1 is 1.43 bits per heavy atom. The van der Waals surface area contributed by atoms with Gasteiger partial charge in [-0.05, 0) is 25.2 Å². The van der Waals surface area contributed by atoms with Crippen LogP contribution in [0.25, 0.3) is 0 Å². The molecule has 0 bridgehead atoms. The second-order valence-electron chi connectivity index (χ2n) is 2.86. The molecule has 1 aromatic rings. The second kappa shape index (κ2) is 4.19. The third-order valence-electron chi connectivity index (χ3n) is 1.72. The molecule has 0 saturated heterocycles. The van der Waals surface area contributed by atoms with Crippen LogP contribution < -0.4 is 5.32 Å². The molecule has 0 aliphatic heterocycles. The summed E-state index contributed by atoms with van der Waals surface area (Å²) in [4.78, 5) is 0. The summed E-state index contributed by atoms with van der Waals surface area (Å²) < 4.78 is 39.1. The first-order chi connectivity index (χ1) is 6.47. The van der Waals surface area contributed by atoms with Gasteiger partial charge in [-0.25, -0.2) is 4.39 Å². The molecular formula is C9H9ClF3N. The van der Waals surface area contributed by atoms with Crippen molar-refractivity contribution in [2.24, 2.45) is 0 Å². The average molecular weight is 224 g/mol. The van der Waals surface area contributed by atoms with Crippen LogP contribution in [-0.4, -0.2) is 13.6 Å². The van der Waals surface area contributed by atoms with E-state index in [1.165, 1.54) is 7.05 Å². The minimum Gasteiger partial charge on any atom is -0.314 e. The summed E-state index contributed by atoms with van der Waals surface area (Å²) in [7, 11) is 1.41. The van der Waals surface area contributed by atoms with Crippen LogP contribution in [0.5, 0.6) is 0 Å². The molecule has 14 heavy (non-hydrogen) atoms. The summed E-state index contributed by atoms with van der Waals surface area (Å²) >= 11 is 5.50. The smallest absolute Gasteiger partial charge is 0.286 e. The fourth-order valence-corrected chi connectivity index (χ4v) is 1.41. The molecule has 78 valence electrons. The molecule has 0 aromatic heterocycles. The SMILES string of the molecule is CNCC(F)(F)c1ccc(F)cc1Cl. The van der Waals surface area contributed by atoms with Crippen molar-refractivity contribution in [3.8, 4) is 0 Å². The van der Waals surface area contributed by atoms with E-state index in [2.05, 4.69) is 5.32 Å². The average Bonchev–Trinajstić information content (AvgIpc) is 2.02. The van der Waals surface area contributed by atoms with Gasteiger partial charge in [0.25, 0.3) is 5.92 Å². The largest absolute Gasteiger partial charge is 0.314 e. The highest BCUT2D eigenvalue weighted by molar-refractivity contribution is 6.31. The van der Waals surface area contributed by atoms with Gasteiger partial charge in [-0.15, -0.1) is 0 Å². The van der Waals surface area contributed by atoms with Crippen molar-refractivity contribution in [1.82, 2.24) is 5.32 Å². The van der Waals surface area contributed by atoms with E-state index in [9.17, 15) is 13.2 Å². The molecular weight excluding hydrogens is 215 g/mol. The number of hydrogen-bond donors (Lipinski definition) is 1. The van der Waals surface area contributed by atoms with Crippen molar-refractivity contribution in [3.05, 3.63) is 34.6 Å². The number of hydrogen-bond acceptors (Lipinski definition) is 1. The summed E-state index contributed by atoms with van der Waals surface area (Å²) in [6.45, 7) is -0.529. The summed E-state index contributed by atoms with van der Waals surface area (Å²) in [6, 6.07) is 2.83. The molecule has 0 aliphatic carbocycles. The van der Waals surface area contributed by atoms with Gasteiger partial charge in [-0.3, -0.25) is 0 Å². The lowest BCUT2D eigenvalue weighted by molar-refractivity contribution is -0.00118. The quantitative estimate of drug-likeness (QED) is 0.831. The molecule has 0 unspecified atom stereocenters. The van der Waals surface area contributed by atoms with Gasteiger partial charge in [0, 0.05) is 5.56 Å². The van der Waals surface area contributed by atoms with Crippen molar-refractivity contribution >= 4 is 11.6 Å². The lowest BCUT2D eigenvalue weighted by Gasteiger charge is -2.17. The maximum Gasteiger partial charge on any atom is 0.286 e. The van der Waals surface area contributed by atoms with Crippen LogP contribution in [0, 0.1) is 5.82 Å². The molecule has 1 nitrogen and oxygen atoms in total. The van der Waals surface area contributed by atoms with Crippen molar-refractivity contribution in [2.75, 3.05) is 13.6 Å². The molecule has 0 radical (unpaired) electrons. The topological polar surface area (TPSA) is 12.0 Å². The van der Waals surface area contributed by atoms with E-state index in [1.807, 2.05) is 0 Å². The molecule has 0 fully saturated rings. The minimum atomic E-state index is -3.08. The molecule has 0 aliphatic rings. The Kier molecular flexibility index (Phi) is 3.39. The highest BCUT2D eigenvalue weighted by atomic mass is 35.5. The zero-order valence-electron chi connectivity index (χ0n) is 7.45. The number of nitrogens with one attached hydrogen (secondary N) is 1. The first-order valence-corrected chi connectivity index (χ1v) is 4.33. The lowest BCUT2D eigenvalue weighted by atomic mass is 10.1. The fourth-order valence-electron chi connectivity index (χ4n) is 1.10. The summed E-state index contributed by atoms with van der Waals surface area (Å²) in [5.41, 5.74) is -0.366. The van der Waals surface area contributed by atoms with E-state index in [0.29, 0.717) is 0 Å². The van der Waals surface area contributed by atoms with E-state index >= 15 is 0 Å². The van der Waals surface area contributed by atoms with Crippen LogP contribution in [0.4, 0.5) is 13.2 Å². The number of likely N-dealkylation sites (N-methyl/N-ethyl adjacent to an activating group) is 1. The van der Waals surface area contributed by atoms with Crippen molar-refractivity contribution in [3.63, 3.8) is 0 Å². The van der Waals surface area contributed by atoms with Crippen LogP contribution in [0.15, 0.2) is 18.2 Å². The molecule has 0 amide bonds. The monoisotopic (exact) mass is 223 g/mol. The number of rotatable bonds is 3. The van der Waals surface area contributed by atoms with Gasteiger partial charge in [0.15, 0.2) is 0 Å². The van der Waals surface area contributed by atoms with E-state index in [0.717, 1.165) is 18.2 Å². The Morgan fingerprint density at radius 3 is 2.57 bits per heavy atom. The maximum atomic E-state index is 13.3. The van der Waals surface area contributed by atoms with Crippen LogP contribution >= 0.6 is 11.6 Å².